The Kier molecular flexibility index (Phi) is 3.79. The van der Waals surface area contributed by atoms with Crippen molar-refractivity contribution in [3.8, 4) is 0 Å². The lowest BCUT2D eigenvalue weighted by Crippen LogP contribution is -2.49. The summed E-state index contributed by atoms with van der Waals surface area (Å²) < 4.78 is 42.5. The van der Waals surface area contributed by atoms with Crippen LogP contribution in [-0.4, -0.2) is 39.8 Å². The van der Waals surface area contributed by atoms with E-state index in [-0.39, 0.29) is 24.8 Å². The van der Waals surface area contributed by atoms with E-state index < -0.39 is 22.2 Å². The van der Waals surface area contributed by atoms with Crippen LogP contribution in [0, 0.1) is 17.8 Å². The average Bonchev–Trinajstić information content (AvgIpc) is 2.79. The molecule has 7 nitrogen and oxygen atoms in total. The van der Waals surface area contributed by atoms with Crippen molar-refractivity contribution in [1.29, 1.82) is 0 Å². The number of hydrogen-bond donors (Lipinski definition) is 4. The van der Waals surface area contributed by atoms with Gasteiger partial charge >= 0.3 is 7.60 Å². The minimum atomic E-state index is -4.96. The highest BCUT2D eigenvalue weighted by molar-refractivity contribution is 7.95. The highest BCUT2D eigenvalue weighted by Crippen LogP contribution is 2.65. The molecule has 0 spiro atoms. The Morgan fingerprint density at radius 1 is 1.10 bits per heavy atom. The van der Waals surface area contributed by atoms with Crippen molar-refractivity contribution in [2.75, 3.05) is 6.54 Å². The molecule has 122 valence electrons. The lowest BCUT2D eigenvalue weighted by molar-refractivity contribution is 0.0970. The standard InChI is InChI=1S/C12H22NO6PS/c14-20(15,16)12(21(17,18)19)5-10-9-4-2-1-3-8(9)7-13-11(10)6-12/h8-11,13H,1-7H2,(H2,14,15,16)(H,17,18,19)/t8?,9?,10-,11-,12?/m1/s1. The predicted molar refractivity (Wildman–Crippen MR) is 76.3 cm³/mol. The first-order valence-corrected chi connectivity index (χ1v) is 10.5. The maximum absolute atomic E-state index is 11.8. The molecular formula is C12H22NO6PS. The van der Waals surface area contributed by atoms with E-state index in [4.69, 9.17) is 0 Å². The Bertz CT molecular complexity index is 574. The third kappa shape index (κ3) is 2.40. The third-order valence-corrected chi connectivity index (χ3v) is 9.91. The third-order valence-electron chi connectivity index (χ3n) is 5.78. The van der Waals surface area contributed by atoms with Crippen molar-refractivity contribution < 1.29 is 27.3 Å². The largest absolute Gasteiger partial charge is 0.349 e. The summed E-state index contributed by atoms with van der Waals surface area (Å²) >= 11 is 0. The summed E-state index contributed by atoms with van der Waals surface area (Å²) in [6.45, 7) is 0.772. The first-order valence-electron chi connectivity index (χ1n) is 7.42. The van der Waals surface area contributed by atoms with Crippen LogP contribution < -0.4 is 5.32 Å². The number of rotatable bonds is 2. The molecule has 2 aliphatic carbocycles. The molecule has 3 fully saturated rings. The molecule has 3 aliphatic rings. The van der Waals surface area contributed by atoms with Gasteiger partial charge in [-0.2, -0.15) is 8.42 Å². The van der Waals surface area contributed by atoms with Crippen molar-refractivity contribution in [3.63, 3.8) is 0 Å². The van der Waals surface area contributed by atoms with Crippen molar-refractivity contribution in [2.24, 2.45) is 17.8 Å². The summed E-state index contributed by atoms with van der Waals surface area (Å²) in [4.78, 5) is 19.2. The van der Waals surface area contributed by atoms with E-state index in [1.54, 1.807) is 0 Å². The van der Waals surface area contributed by atoms with Gasteiger partial charge in [-0.15, -0.1) is 0 Å². The van der Waals surface area contributed by atoms with Crippen LogP contribution in [0.25, 0.3) is 0 Å². The second-order valence-corrected chi connectivity index (χ2v) is 10.7. The van der Waals surface area contributed by atoms with Crippen molar-refractivity contribution >= 4 is 17.7 Å². The predicted octanol–water partition coefficient (Wildman–Crippen LogP) is 0.936. The highest BCUT2D eigenvalue weighted by atomic mass is 32.2. The van der Waals surface area contributed by atoms with E-state index >= 15 is 0 Å². The molecule has 1 heterocycles. The van der Waals surface area contributed by atoms with E-state index in [0.29, 0.717) is 11.8 Å². The normalized spacial score (nSPS) is 44.1. The minimum absolute atomic E-state index is 0.0846. The molecule has 9 heteroatoms. The van der Waals surface area contributed by atoms with Gasteiger partial charge in [0.2, 0.25) is 0 Å². The molecular weight excluding hydrogens is 317 g/mol. The zero-order valence-corrected chi connectivity index (χ0v) is 13.4. The van der Waals surface area contributed by atoms with E-state index in [2.05, 4.69) is 5.32 Å². The molecule has 5 atom stereocenters. The molecule has 2 saturated carbocycles. The molecule has 1 saturated heterocycles. The van der Waals surface area contributed by atoms with Gasteiger partial charge in [-0.05, 0) is 50.0 Å². The van der Waals surface area contributed by atoms with Gasteiger partial charge in [0, 0.05) is 6.04 Å². The number of nitrogens with one attached hydrogen (secondary N) is 1. The SMILES string of the molecule is O=P(O)(O)C1(S(=O)(=O)O)C[C@@H]2C3CCCCC3CN[C@@H]2C1. The molecule has 1 aliphatic heterocycles. The lowest BCUT2D eigenvalue weighted by Gasteiger charge is -2.43. The van der Waals surface area contributed by atoms with E-state index in [1.165, 1.54) is 0 Å². The molecule has 0 aromatic heterocycles. The van der Waals surface area contributed by atoms with Crippen LogP contribution in [0.4, 0.5) is 0 Å². The summed E-state index contributed by atoms with van der Waals surface area (Å²) in [5.41, 5.74) is 0. The Hall–Kier alpha value is 0.0200. The fourth-order valence-electron chi connectivity index (χ4n) is 4.72. The van der Waals surface area contributed by atoms with Crippen LogP contribution in [0.3, 0.4) is 0 Å². The summed E-state index contributed by atoms with van der Waals surface area (Å²) in [5, 5.41) is 3.26. The molecule has 3 unspecified atom stereocenters. The van der Waals surface area contributed by atoms with Crippen molar-refractivity contribution in [3.05, 3.63) is 0 Å². The van der Waals surface area contributed by atoms with Crippen molar-refractivity contribution in [2.45, 2.75) is 49.1 Å². The quantitative estimate of drug-likeness (QED) is 0.436. The average molecular weight is 339 g/mol. The maximum Gasteiger partial charge on any atom is 0.349 e. The molecule has 0 radical (unpaired) electrons. The second-order valence-electron chi connectivity index (χ2n) is 6.76. The molecule has 21 heavy (non-hydrogen) atoms. The van der Waals surface area contributed by atoms with E-state index in [9.17, 15) is 27.3 Å². The van der Waals surface area contributed by atoms with Crippen LogP contribution in [0.1, 0.15) is 38.5 Å². The Morgan fingerprint density at radius 3 is 2.38 bits per heavy atom. The van der Waals surface area contributed by atoms with Gasteiger partial charge in [0.15, 0.2) is 4.49 Å². The van der Waals surface area contributed by atoms with Crippen LogP contribution in [-0.2, 0) is 14.7 Å². The number of piperidine rings is 1. The van der Waals surface area contributed by atoms with E-state index in [1.807, 2.05) is 0 Å². The van der Waals surface area contributed by atoms with Crippen molar-refractivity contribution in [1.82, 2.24) is 5.32 Å². The second kappa shape index (κ2) is 5.01. The summed E-state index contributed by atoms with van der Waals surface area (Å²) in [7, 11) is -9.79. The lowest BCUT2D eigenvalue weighted by atomic mass is 9.68. The molecule has 3 rings (SSSR count). The maximum atomic E-state index is 11.8. The Labute approximate surface area is 124 Å². The fourth-order valence-corrected chi connectivity index (χ4v) is 7.60. The number of hydrogen-bond acceptors (Lipinski definition) is 4. The van der Waals surface area contributed by atoms with Gasteiger partial charge in [0.05, 0.1) is 0 Å². The molecule has 0 bridgehead atoms. The fraction of sp³-hybridized carbons (Fsp3) is 1.00. The Balaban J connectivity index is 1.97. The van der Waals surface area contributed by atoms with Crippen LogP contribution in [0.15, 0.2) is 0 Å². The van der Waals surface area contributed by atoms with Gasteiger partial charge in [-0.1, -0.05) is 12.8 Å². The first-order chi connectivity index (χ1) is 9.66. The highest BCUT2D eigenvalue weighted by Gasteiger charge is 2.65. The zero-order chi connectivity index (χ0) is 15.5. The zero-order valence-electron chi connectivity index (χ0n) is 11.7. The summed E-state index contributed by atoms with van der Waals surface area (Å²) in [6, 6.07) is -0.237. The summed E-state index contributed by atoms with van der Waals surface area (Å²) in [6.07, 6.45) is 3.95. The van der Waals surface area contributed by atoms with Gasteiger partial charge in [0.1, 0.15) is 0 Å². The van der Waals surface area contributed by atoms with E-state index in [0.717, 1.165) is 32.2 Å². The molecule has 4 N–H and O–H groups in total. The van der Waals surface area contributed by atoms with Gasteiger partial charge in [-0.3, -0.25) is 9.12 Å². The topological polar surface area (TPSA) is 124 Å². The molecule has 0 aromatic carbocycles. The van der Waals surface area contributed by atoms with Gasteiger partial charge < -0.3 is 15.1 Å². The minimum Gasteiger partial charge on any atom is -0.323 e. The first kappa shape index (κ1) is 15.9. The van der Waals surface area contributed by atoms with Crippen LogP contribution in [0.5, 0.6) is 0 Å². The van der Waals surface area contributed by atoms with Crippen LogP contribution in [0.2, 0.25) is 0 Å². The summed E-state index contributed by atoms with van der Waals surface area (Å²) in [5.74, 6) is 0.674. The molecule has 0 amide bonds. The molecule has 0 aromatic rings. The number of fused-ring (bicyclic) bond motifs is 3. The van der Waals surface area contributed by atoms with Gasteiger partial charge in [-0.25, -0.2) is 0 Å². The Morgan fingerprint density at radius 2 is 1.76 bits per heavy atom. The van der Waals surface area contributed by atoms with Crippen LogP contribution >= 0.6 is 7.60 Å². The van der Waals surface area contributed by atoms with Gasteiger partial charge in [0.25, 0.3) is 10.1 Å². The smallest absolute Gasteiger partial charge is 0.323 e. The monoisotopic (exact) mass is 339 g/mol.